The fourth-order valence-electron chi connectivity index (χ4n) is 2.12. The van der Waals surface area contributed by atoms with Gasteiger partial charge in [-0.3, -0.25) is 0 Å². The molecule has 2 nitrogen and oxygen atoms in total. The minimum Gasteiger partial charge on any atom is -0.462 e. The highest BCUT2D eigenvalue weighted by Crippen LogP contribution is 2.58. The standard InChI is InChI=1S/C17H11BrF11IO2/c18-10-5-3-9(4-6-10)12(31)32-7-1-2-11(30)8-13(19,16(24,25)26)14(20,21)15(22,23)17(27,28)29/h3-6,8H,1-2,7H2. The number of hydrogen-bond donors (Lipinski definition) is 0. The molecule has 1 aromatic carbocycles. The normalized spacial score (nSPS) is 16.0. The Morgan fingerprint density at radius 3 is 1.81 bits per heavy atom. The summed E-state index contributed by atoms with van der Waals surface area (Å²) in [6, 6.07) is 5.72. The van der Waals surface area contributed by atoms with Gasteiger partial charge in [-0.2, -0.15) is 43.9 Å². The van der Waals surface area contributed by atoms with Crippen molar-refractivity contribution < 1.29 is 57.8 Å². The Labute approximate surface area is 195 Å². The number of alkyl halides is 11. The lowest BCUT2D eigenvalue weighted by Gasteiger charge is -2.37. The molecule has 1 aromatic rings. The Morgan fingerprint density at radius 1 is 0.875 bits per heavy atom. The number of esters is 1. The zero-order valence-electron chi connectivity index (χ0n) is 15.2. The molecule has 15 heteroatoms. The predicted molar refractivity (Wildman–Crippen MR) is 102 cm³/mol. The van der Waals surface area contributed by atoms with Gasteiger partial charge < -0.3 is 4.74 Å². The number of carbonyl (C=O) groups is 1. The number of carbonyl (C=O) groups excluding carboxylic acids is 1. The average Bonchev–Trinajstić information content (AvgIpc) is 2.63. The molecule has 0 heterocycles. The molecule has 0 saturated heterocycles. The third kappa shape index (κ3) is 6.05. The van der Waals surface area contributed by atoms with Crippen LogP contribution in [-0.2, 0) is 4.74 Å². The topological polar surface area (TPSA) is 26.3 Å². The van der Waals surface area contributed by atoms with Crippen molar-refractivity contribution in [2.24, 2.45) is 0 Å². The largest absolute Gasteiger partial charge is 0.462 e. The summed E-state index contributed by atoms with van der Waals surface area (Å²) in [6.07, 6.45) is -16.0. The van der Waals surface area contributed by atoms with Crippen LogP contribution in [0.3, 0.4) is 0 Å². The van der Waals surface area contributed by atoms with Crippen molar-refractivity contribution in [2.45, 2.75) is 42.7 Å². The molecule has 0 bridgehead atoms. The molecule has 0 spiro atoms. The van der Waals surface area contributed by atoms with Crippen LogP contribution in [0.25, 0.3) is 0 Å². The summed E-state index contributed by atoms with van der Waals surface area (Å²) in [6.45, 7) is -0.490. The van der Waals surface area contributed by atoms with Crippen molar-refractivity contribution in [1.82, 2.24) is 0 Å². The van der Waals surface area contributed by atoms with Crippen LogP contribution in [0.1, 0.15) is 23.2 Å². The average molecular weight is 663 g/mol. The van der Waals surface area contributed by atoms with Gasteiger partial charge in [-0.15, -0.1) is 0 Å². The van der Waals surface area contributed by atoms with Crippen molar-refractivity contribution in [3.05, 3.63) is 44.0 Å². The van der Waals surface area contributed by atoms with E-state index in [0.717, 1.165) is 22.6 Å². The third-order valence-electron chi connectivity index (χ3n) is 3.85. The lowest BCUT2D eigenvalue weighted by Crippen LogP contribution is -2.66. The van der Waals surface area contributed by atoms with Crippen LogP contribution >= 0.6 is 38.5 Å². The lowest BCUT2D eigenvalue weighted by atomic mass is 9.90. The third-order valence-corrected chi connectivity index (χ3v) is 5.23. The van der Waals surface area contributed by atoms with Gasteiger partial charge in [-0.25, -0.2) is 9.18 Å². The van der Waals surface area contributed by atoms with Gasteiger partial charge >= 0.3 is 30.2 Å². The van der Waals surface area contributed by atoms with E-state index in [1.54, 1.807) is 0 Å². The zero-order valence-corrected chi connectivity index (χ0v) is 19.0. The van der Waals surface area contributed by atoms with Crippen molar-refractivity contribution >= 4 is 44.5 Å². The molecule has 0 N–H and O–H groups in total. The number of benzene rings is 1. The lowest BCUT2D eigenvalue weighted by molar-refractivity contribution is -0.402. The van der Waals surface area contributed by atoms with Crippen LogP contribution in [0.4, 0.5) is 48.3 Å². The molecule has 0 radical (unpaired) electrons. The molecule has 0 fully saturated rings. The van der Waals surface area contributed by atoms with Crippen LogP contribution < -0.4 is 0 Å². The number of allylic oxidation sites excluding steroid dienone is 2. The molecule has 182 valence electrons. The molecule has 0 aliphatic heterocycles. The predicted octanol–water partition coefficient (Wildman–Crippen LogP) is 7.81. The molecule has 0 aliphatic carbocycles. The van der Waals surface area contributed by atoms with Gasteiger partial charge in [0.25, 0.3) is 5.67 Å². The first-order valence-electron chi connectivity index (χ1n) is 8.16. The Kier molecular flexibility index (Phi) is 9.04. The number of rotatable bonds is 8. The molecule has 0 aromatic heterocycles. The highest BCUT2D eigenvalue weighted by Gasteiger charge is 2.85. The van der Waals surface area contributed by atoms with Gasteiger partial charge in [0.1, 0.15) is 0 Å². The van der Waals surface area contributed by atoms with E-state index < -0.39 is 58.5 Å². The van der Waals surface area contributed by atoms with Crippen molar-refractivity contribution in [3.8, 4) is 0 Å². The van der Waals surface area contributed by atoms with Gasteiger partial charge in [0.2, 0.25) is 0 Å². The van der Waals surface area contributed by atoms with Crippen LogP contribution in [0, 0.1) is 0 Å². The van der Waals surface area contributed by atoms with Crippen LogP contribution in [0.15, 0.2) is 38.4 Å². The van der Waals surface area contributed by atoms with E-state index >= 15 is 0 Å². The maximum absolute atomic E-state index is 14.2. The van der Waals surface area contributed by atoms with Crippen molar-refractivity contribution in [2.75, 3.05) is 6.61 Å². The maximum atomic E-state index is 14.2. The van der Waals surface area contributed by atoms with Crippen LogP contribution in [0.2, 0.25) is 0 Å². The quantitative estimate of drug-likeness (QED) is 0.123. The summed E-state index contributed by atoms with van der Waals surface area (Å²) < 4.78 is 147. The summed E-state index contributed by atoms with van der Waals surface area (Å²) in [7, 11) is 0. The van der Waals surface area contributed by atoms with Crippen molar-refractivity contribution in [3.63, 3.8) is 0 Å². The molecular weight excluding hydrogens is 652 g/mol. The van der Waals surface area contributed by atoms with E-state index in [1.165, 1.54) is 24.3 Å². The molecule has 1 rings (SSSR count). The molecule has 1 atom stereocenters. The van der Waals surface area contributed by atoms with Gasteiger partial charge in [-0.1, -0.05) is 15.9 Å². The summed E-state index contributed by atoms with van der Waals surface area (Å²) >= 11 is 4.00. The molecule has 0 aliphatic rings. The second kappa shape index (κ2) is 10.0. The molecule has 0 amide bonds. The molecule has 0 saturated carbocycles. The highest BCUT2D eigenvalue weighted by atomic mass is 127. The van der Waals surface area contributed by atoms with Gasteiger partial charge in [-0.05, 0) is 69.4 Å². The molecule has 1 unspecified atom stereocenters. The first-order chi connectivity index (χ1) is 14.3. The van der Waals surface area contributed by atoms with Gasteiger partial charge in [0.05, 0.1) is 12.2 Å². The zero-order chi connectivity index (χ0) is 25.2. The Balaban J connectivity index is 2.97. The molecular formula is C17H11BrF11IO2. The van der Waals surface area contributed by atoms with Crippen LogP contribution in [0.5, 0.6) is 0 Å². The minimum absolute atomic E-state index is 0.0901. The fourth-order valence-corrected chi connectivity index (χ4v) is 3.20. The Bertz CT molecular complexity index is 834. The summed E-state index contributed by atoms with van der Waals surface area (Å²) in [5.74, 6) is -15.4. The van der Waals surface area contributed by atoms with Gasteiger partial charge in [0.15, 0.2) is 0 Å². The summed E-state index contributed by atoms with van der Waals surface area (Å²) in [4.78, 5) is 11.7. The maximum Gasteiger partial charge on any atom is 0.460 e. The number of hydrogen-bond acceptors (Lipinski definition) is 2. The fraction of sp³-hybridized carbons (Fsp3) is 0.471. The number of ether oxygens (including phenoxy) is 1. The first kappa shape index (κ1) is 28.9. The van der Waals surface area contributed by atoms with Gasteiger partial charge in [0, 0.05) is 4.47 Å². The van der Waals surface area contributed by atoms with E-state index in [2.05, 4.69) is 15.9 Å². The Hall–Kier alpha value is -1.13. The van der Waals surface area contributed by atoms with E-state index in [0.29, 0.717) is 4.47 Å². The number of halogens is 13. The minimum atomic E-state index is -7.32. The van der Waals surface area contributed by atoms with E-state index in [4.69, 9.17) is 4.74 Å². The second-order valence-corrected chi connectivity index (χ2v) is 8.49. The first-order valence-corrected chi connectivity index (χ1v) is 10.0. The van der Waals surface area contributed by atoms with Crippen LogP contribution in [-0.4, -0.2) is 42.4 Å². The van der Waals surface area contributed by atoms with Crippen molar-refractivity contribution in [1.29, 1.82) is 0 Å². The van der Waals surface area contributed by atoms with E-state index in [9.17, 15) is 53.1 Å². The summed E-state index contributed by atoms with van der Waals surface area (Å²) in [5, 5.41) is 0. The highest BCUT2D eigenvalue weighted by molar-refractivity contribution is 14.1. The SMILES string of the molecule is O=C(OCCCC(I)=CC(F)(C(F)(F)F)C(F)(F)C(F)(F)C(F)(F)F)c1ccc(Br)cc1. The molecule has 32 heavy (non-hydrogen) atoms. The van der Waals surface area contributed by atoms with E-state index in [-0.39, 0.29) is 12.0 Å². The second-order valence-electron chi connectivity index (χ2n) is 6.19. The van der Waals surface area contributed by atoms with E-state index in [1.807, 2.05) is 0 Å². The Morgan fingerprint density at radius 2 is 1.38 bits per heavy atom. The summed E-state index contributed by atoms with van der Waals surface area (Å²) in [5.41, 5.74) is -6.24. The monoisotopic (exact) mass is 662 g/mol. The smallest absolute Gasteiger partial charge is 0.460 e.